The Morgan fingerprint density at radius 3 is 1.39 bits per heavy atom. The second-order valence-electron chi connectivity index (χ2n) is 15.1. The van der Waals surface area contributed by atoms with Gasteiger partial charge in [0.2, 0.25) is 0 Å². The van der Waals surface area contributed by atoms with Crippen molar-refractivity contribution < 1.29 is 64.8 Å². The summed E-state index contributed by atoms with van der Waals surface area (Å²) in [6.07, 6.45) is -8.58. The molecule has 67 heavy (non-hydrogen) atoms. The van der Waals surface area contributed by atoms with E-state index in [1.54, 1.807) is 60.7 Å². The highest BCUT2D eigenvalue weighted by molar-refractivity contribution is 6.18. The molecule has 0 saturated heterocycles. The molecule has 3 N–H and O–H groups in total. The van der Waals surface area contributed by atoms with Crippen LogP contribution in [0.2, 0.25) is 0 Å². The molecule has 350 valence electrons. The number of rotatable bonds is 12. The molecule has 0 fully saturated rings. The Labute approximate surface area is 388 Å². The summed E-state index contributed by atoms with van der Waals surface area (Å²) in [4.78, 5) is 48.5. The molecule has 8 rings (SSSR count). The van der Waals surface area contributed by atoms with Gasteiger partial charge in [-0.1, -0.05) is 48.5 Å². The minimum absolute atomic E-state index is 0.0846. The lowest BCUT2D eigenvalue weighted by Crippen LogP contribution is -2.39. The zero-order chi connectivity index (χ0) is 48.2. The third kappa shape index (κ3) is 10.9. The van der Waals surface area contributed by atoms with Gasteiger partial charge in [-0.05, 0) is 95.8 Å². The number of halogens is 8. The number of ether oxygens (including phenoxy) is 3. The van der Waals surface area contributed by atoms with E-state index in [-0.39, 0.29) is 35.2 Å². The summed E-state index contributed by atoms with van der Waals surface area (Å²) in [5, 5.41) is 14.9. The van der Waals surface area contributed by atoms with Gasteiger partial charge in [0, 0.05) is 36.0 Å². The van der Waals surface area contributed by atoms with Gasteiger partial charge in [-0.2, -0.15) is 0 Å². The number of hydrogen-bond donors (Lipinski definition) is 3. The number of alkyl halides is 8. The van der Waals surface area contributed by atoms with E-state index >= 15 is 0 Å². The van der Waals surface area contributed by atoms with Crippen LogP contribution in [0.3, 0.4) is 0 Å². The zero-order valence-corrected chi connectivity index (χ0v) is 36.5. The summed E-state index contributed by atoms with van der Waals surface area (Å²) in [5.41, 5.74) is 5.52. The third-order valence-corrected chi connectivity index (χ3v) is 11.3. The maximum Gasteiger partial charge on any atom is 0.573 e. The second kappa shape index (κ2) is 19.9. The zero-order valence-electron chi connectivity index (χ0n) is 35.0. The van der Waals surface area contributed by atoms with Crippen LogP contribution in [0.25, 0.3) is 44.8 Å². The van der Waals surface area contributed by atoms with E-state index in [0.717, 1.165) is 0 Å². The number of fused-ring (bicyclic) bond motifs is 2. The van der Waals surface area contributed by atoms with Crippen LogP contribution in [0.1, 0.15) is 66.6 Å². The molecule has 2 aromatic heterocycles. The number of carboxylic acid groups (broad SMARTS) is 1. The average molecular weight is 972 g/mol. The minimum Gasteiger partial charge on any atom is -0.478 e. The largest absolute Gasteiger partial charge is 0.573 e. The molecule has 2 atom stereocenters. The minimum atomic E-state index is -4.85. The van der Waals surface area contributed by atoms with Crippen LogP contribution in [0, 0.1) is 0 Å². The lowest BCUT2D eigenvalue weighted by Gasteiger charge is -2.28. The summed E-state index contributed by atoms with van der Waals surface area (Å²) >= 11 is 12.0. The summed E-state index contributed by atoms with van der Waals surface area (Å²) in [5.74, 6) is -2.29. The highest BCUT2D eigenvalue weighted by Gasteiger charge is 2.35. The fraction of sp³-hybridized carbons (Fsp3) is 0.234. The van der Waals surface area contributed by atoms with E-state index in [4.69, 9.17) is 27.9 Å². The molecule has 0 bridgehead atoms. The first-order valence-electron chi connectivity index (χ1n) is 20.3. The number of benzene rings is 4. The van der Waals surface area contributed by atoms with E-state index in [0.29, 0.717) is 99.4 Å². The van der Waals surface area contributed by atoms with E-state index in [2.05, 4.69) is 20.1 Å². The number of methoxy groups -OCH3 is 1. The maximum atomic E-state index is 12.8. The molecular weight excluding hydrogens is 933 g/mol. The predicted octanol–water partition coefficient (Wildman–Crippen LogP) is 10.8. The van der Waals surface area contributed by atoms with Crippen LogP contribution >= 0.6 is 23.2 Å². The molecule has 2 amide bonds. The summed E-state index contributed by atoms with van der Waals surface area (Å²) in [6, 6.07) is 26.7. The molecule has 2 unspecified atom stereocenters. The highest BCUT2D eigenvalue weighted by Crippen LogP contribution is 2.43. The highest BCUT2D eigenvalue weighted by atomic mass is 35.5. The maximum absolute atomic E-state index is 12.8. The van der Waals surface area contributed by atoms with E-state index in [1.807, 2.05) is 9.13 Å². The number of carbonyl (C=O) groups excluding carboxylic acids is 3. The van der Waals surface area contributed by atoms with Crippen molar-refractivity contribution in [2.24, 2.45) is 0 Å². The topological polar surface area (TPSA) is 150 Å². The quantitative estimate of drug-likeness (QED) is 0.0623. The van der Waals surface area contributed by atoms with Gasteiger partial charge in [0.05, 0.1) is 41.7 Å². The van der Waals surface area contributed by atoms with Gasteiger partial charge in [-0.25, -0.2) is 9.59 Å². The van der Waals surface area contributed by atoms with Crippen LogP contribution in [-0.2, 0) is 4.74 Å². The molecule has 4 aromatic carbocycles. The molecule has 0 saturated carbocycles. The van der Waals surface area contributed by atoms with Crippen molar-refractivity contribution in [3.63, 3.8) is 0 Å². The van der Waals surface area contributed by atoms with Crippen LogP contribution < -0.4 is 20.1 Å². The molecule has 2 aliphatic heterocycles. The standard InChI is InChI=1S/C24H20ClF3N2O4.C23H18ClF3N2O4/c1-33-23(32)15-7-5-14(6-8-15)21-19(16-3-2-4-18(11-16)34-24(26,27)28)12-20-22(31)29-13-17(9-10-25)30(20)21;24-9-8-16-12-28-21(30)19-11-18(15-2-1-3-17(10-15)33-23(25,26)27)20(29(16)19)13-4-6-14(7-5-13)22(31)32/h2-8,11-12,17H,9-10,13H2,1H3,(H,29,31);1-7,10-11,16H,8-9,12H2,(H,28,30)(H,31,32). The van der Waals surface area contributed by atoms with Gasteiger partial charge in [0.1, 0.15) is 22.9 Å². The molecular formula is C47H38Cl2F6N4O8. The second-order valence-corrected chi connectivity index (χ2v) is 15.9. The van der Waals surface area contributed by atoms with Gasteiger partial charge >= 0.3 is 24.7 Å². The molecule has 0 radical (unpaired) electrons. The van der Waals surface area contributed by atoms with Gasteiger partial charge < -0.3 is 39.1 Å². The number of hydrogen-bond acceptors (Lipinski definition) is 7. The number of aromatic nitrogens is 2. The Bertz CT molecular complexity index is 2810. The number of carbonyl (C=O) groups is 4. The van der Waals surface area contributed by atoms with Crippen molar-refractivity contribution in [2.45, 2.75) is 37.7 Å². The van der Waals surface area contributed by atoms with Crippen LogP contribution in [0.15, 0.2) is 109 Å². The Kier molecular flexibility index (Phi) is 14.3. The molecule has 2 aliphatic rings. The fourth-order valence-electron chi connectivity index (χ4n) is 8.06. The van der Waals surface area contributed by atoms with E-state index < -0.39 is 30.4 Å². The van der Waals surface area contributed by atoms with Crippen molar-refractivity contribution in [3.8, 4) is 56.3 Å². The van der Waals surface area contributed by atoms with Crippen LogP contribution in [-0.4, -0.2) is 82.7 Å². The average Bonchev–Trinajstić information content (AvgIpc) is 3.90. The van der Waals surface area contributed by atoms with E-state index in [1.165, 1.54) is 55.6 Å². The van der Waals surface area contributed by atoms with Crippen LogP contribution in [0.5, 0.6) is 11.5 Å². The number of nitrogens with one attached hydrogen (secondary N) is 2. The van der Waals surface area contributed by atoms with E-state index in [9.17, 15) is 50.6 Å². The Balaban J connectivity index is 0.000000199. The van der Waals surface area contributed by atoms with Gasteiger partial charge in [0.15, 0.2) is 0 Å². The smallest absolute Gasteiger partial charge is 0.478 e. The van der Waals surface area contributed by atoms with Crippen molar-refractivity contribution in [1.29, 1.82) is 0 Å². The molecule has 0 spiro atoms. The predicted molar refractivity (Wildman–Crippen MR) is 236 cm³/mol. The molecule has 0 aliphatic carbocycles. The van der Waals surface area contributed by atoms with Crippen LogP contribution in [0.4, 0.5) is 26.3 Å². The Hall–Kier alpha value is -6.92. The summed E-state index contributed by atoms with van der Waals surface area (Å²) in [6.45, 7) is 0.696. The number of aromatic carboxylic acids is 1. The Morgan fingerprint density at radius 2 is 1.03 bits per heavy atom. The SMILES string of the molecule is COC(=O)c1ccc(-c2c(-c3cccc(OC(F)(F)F)c3)cc3n2C(CCCl)CNC3=O)cc1.O=C(O)c1ccc(-c2c(-c3cccc(OC(F)(F)F)c3)cc3n2C(CCCl)CNC3=O)cc1. The first-order chi connectivity index (χ1) is 31.9. The number of esters is 1. The van der Waals surface area contributed by atoms with Crippen molar-refractivity contribution in [2.75, 3.05) is 32.0 Å². The first-order valence-corrected chi connectivity index (χ1v) is 21.4. The molecule has 6 aromatic rings. The lowest BCUT2D eigenvalue weighted by atomic mass is 9.99. The van der Waals surface area contributed by atoms with Gasteiger partial charge in [0.25, 0.3) is 11.8 Å². The Morgan fingerprint density at radius 1 is 0.627 bits per heavy atom. The normalized spacial score (nSPS) is 15.5. The fourth-order valence-corrected chi connectivity index (χ4v) is 8.56. The van der Waals surface area contributed by atoms with Crippen molar-refractivity contribution in [1.82, 2.24) is 19.8 Å². The number of carboxylic acids is 1. The summed E-state index contributed by atoms with van der Waals surface area (Å²) < 4.78 is 93.2. The summed E-state index contributed by atoms with van der Waals surface area (Å²) in [7, 11) is 1.28. The monoisotopic (exact) mass is 970 g/mol. The van der Waals surface area contributed by atoms with Gasteiger partial charge in [-0.15, -0.1) is 49.5 Å². The first kappa shape index (κ1) is 48.0. The molecule has 20 heteroatoms. The molecule has 4 heterocycles. The van der Waals surface area contributed by atoms with Crippen molar-refractivity contribution >= 4 is 47.0 Å². The van der Waals surface area contributed by atoms with Gasteiger partial charge in [-0.3, -0.25) is 9.59 Å². The number of amides is 2. The third-order valence-electron chi connectivity index (χ3n) is 10.9. The lowest BCUT2D eigenvalue weighted by molar-refractivity contribution is -0.275. The molecule has 12 nitrogen and oxygen atoms in total. The number of nitrogens with zero attached hydrogens (tertiary/aromatic N) is 2. The van der Waals surface area contributed by atoms with Crippen molar-refractivity contribution in [3.05, 3.63) is 132 Å².